The molecule has 7 aliphatic carbocycles. The van der Waals surface area contributed by atoms with Crippen LogP contribution in [0.1, 0.15) is 410 Å². The standard InChI is InChI=1S/C20H32N2.C18H29N.C17H27N.C16H30N2O.C16H32N2.C16H31N.C15H30N2.C3H8.C2H6/c1-20(2,3)17-9-11-19(12-10-17)22-15-13-21(14-16-22)18-7-5-4-6-8-18;1-14-5-7-15(8-6-14)13-19-17-11-9-16(10-12-17)18(2,3)4;1-17(2,3)15-9-11-16(12-10-15)18-13-14-7-5-4-6-8-14;1-13(19)17-9-11-18(12-10-17)15-7-5-14(6-8-15)16(2,3)4;1-5-17-10-12-18(13-11-17)15-8-6-14(7-9-15)16(2,3)4;1-13-9-11-17(12-10-13)15-7-5-14(6-8-15)16(2,3)4;1-15(2,3)13-5-7-14(8-6-13)17-11-9-16(4)10-12-17;1-3-2;1-2/h4-8,17,19H,9-16H2,1-3H3;5-8,16-17,19H,9-13H2,1-4H3;4-8,15-16,18H,9-13H2,1-3H3;14-15H,5-12H2,1-4H3;14-15H,5-13H2,1-4H3;13-15H,5-12H2,1-4H3;13-14H,5-12H2,1-4H3;3H2,1-2H3;1-2H3. The Morgan fingerprint density at radius 2 is 0.548 bits per heavy atom. The van der Waals surface area contributed by atoms with Gasteiger partial charge in [-0.15, -0.1) is 0 Å². The fraction of sp³-hybridized carbons (Fsp3) is 0.846. The van der Waals surface area contributed by atoms with Crippen molar-refractivity contribution in [2.75, 3.05) is 136 Å². The van der Waals surface area contributed by atoms with E-state index >= 15 is 0 Å². The predicted octanol–water partition coefficient (Wildman–Crippen LogP) is 29.1. The molecule has 3 aromatic carbocycles. The highest BCUT2D eigenvalue weighted by atomic mass is 16.2. The summed E-state index contributed by atoms with van der Waals surface area (Å²) in [6.07, 6.45) is 43.5. The fourth-order valence-corrected chi connectivity index (χ4v) is 25.1. The summed E-state index contributed by atoms with van der Waals surface area (Å²) in [7, 11) is 2.24. The van der Waals surface area contributed by atoms with Crippen molar-refractivity contribution in [1.29, 1.82) is 0 Å². The molecule has 0 aromatic heterocycles. The smallest absolute Gasteiger partial charge is 0.219 e. The topological polar surface area (TPSA) is 70.3 Å². The average Bonchev–Trinajstić information content (AvgIpc) is 0.825. The summed E-state index contributed by atoms with van der Waals surface area (Å²) in [5.74, 6) is 7.70. The van der Waals surface area contributed by atoms with E-state index in [1.165, 1.54) is 320 Å². The van der Waals surface area contributed by atoms with E-state index in [2.05, 4.69) is 322 Å². The zero-order chi connectivity index (χ0) is 99.3. The van der Waals surface area contributed by atoms with Crippen molar-refractivity contribution in [3.05, 3.63) is 102 Å². The maximum absolute atomic E-state index is 11.3. The molecule has 778 valence electrons. The van der Waals surface area contributed by atoms with E-state index < -0.39 is 0 Å². The zero-order valence-electron chi connectivity index (χ0n) is 94.9. The maximum atomic E-state index is 11.3. The Kier molecular flexibility index (Phi) is 51.4. The second kappa shape index (κ2) is 58.5. The number of carbonyl (C=O) groups is 1. The van der Waals surface area contributed by atoms with Gasteiger partial charge in [-0.05, 0) is 335 Å². The lowest BCUT2D eigenvalue weighted by molar-refractivity contribution is -0.131. The molecule has 0 spiro atoms. The highest BCUT2D eigenvalue weighted by Crippen LogP contribution is 2.46. The van der Waals surface area contributed by atoms with Crippen LogP contribution in [0.15, 0.2) is 84.9 Å². The molecule has 12 aliphatic rings. The molecule has 12 fully saturated rings. The zero-order valence-corrected chi connectivity index (χ0v) is 94.9. The minimum absolute atomic E-state index is 0.232. The number of amides is 1. The minimum atomic E-state index is 0.232. The van der Waals surface area contributed by atoms with E-state index in [1.807, 2.05) is 18.7 Å². The number of hydrogen-bond donors (Lipinski definition) is 2. The van der Waals surface area contributed by atoms with Crippen LogP contribution >= 0.6 is 0 Å². The van der Waals surface area contributed by atoms with Gasteiger partial charge in [0.2, 0.25) is 5.91 Å². The van der Waals surface area contributed by atoms with E-state index in [-0.39, 0.29) is 5.91 Å². The van der Waals surface area contributed by atoms with Crippen LogP contribution < -0.4 is 15.5 Å². The quantitative estimate of drug-likeness (QED) is 0.172. The predicted molar refractivity (Wildman–Crippen MR) is 592 cm³/mol. The first-order chi connectivity index (χ1) is 63.8. The minimum Gasteiger partial charge on any atom is -0.369 e. The van der Waals surface area contributed by atoms with E-state index in [0.717, 1.165) is 129 Å². The maximum Gasteiger partial charge on any atom is 0.219 e. The third kappa shape index (κ3) is 42.8. The molecule has 1 amide bonds. The van der Waals surface area contributed by atoms with Crippen LogP contribution in [-0.4, -0.2) is 219 Å². The molecule has 135 heavy (non-hydrogen) atoms. The highest BCUT2D eigenvalue weighted by Gasteiger charge is 2.40. The second-order valence-electron chi connectivity index (χ2n) is 52.6. The summed E-state index contributed by atoms with van der Waals surface area (Å²) >= 11 is 0. The molecule has 12 heteroatoms. The Bertz CT molecular complexity index is 3420. The normalized spacial score (nSPS) is 28.7. The van der Waals surface area contributed by atoms with E-state index in [1.54, 1.807) is 6.92 Å². The average molecular weight is 1870 g/mol. The van der Waals surface area contributed by atoms with Gasteiger partial charge >= 0.3 is 0 Å². The Morgan fingerprint density at radius 1 is 0.304 bits per heavy atom. The van der Waals surface area contributed by atoms with Gasteiger partial charge in [0.25, 0.3) is 0 Å². The third-order valence-electron chi connectivity index (χ3n) is 35.7. The number of likely N-dealkylation sites (tertiary alicyclic amines) is 1. The molecular weight excluding hydrogens is 1650 g/mol. The summed E-state index contributed by atoms with van der Waals surface area (Å²) in [5, 5.41) is 7.44. The van der Waals surface area contributed by atoms with Crippen molar-refractivity contribution in [1.82, 2.24) is 49.8 Å². The SMILES string of the molecule is CC.CC(=O)N1CCN(C2CCC(C(C)(C)C)CC2)CC1.CC(C)(C)C1CCC(N2CCN(c3ccccc3)CC2)CC1.CC(C)(C)C1CCC(NCc2ccccc2)CC1.CC1CCN(C2CCC(C(C)(C)C)CC2)CC1.CCC.CCN1CCN(C2CCC(C(C)(C)C)CC2)CC1.CN1CCN(C2CCC(C(C)(C)C)CC2)CC1.Cc1ccc(CNC2CCC(C(C)(C)C)CC2)cc1. The molecule has 2 N–H and O–H groups in total. The van der Waals surface area contributed by atoms with Crippen LogP contribution in [0, 0.1) is 92.2 Å². The lowest BCUT2D eigenvalue weighted by Crippen LogP contribution is -2.52. The monoisotopic (exact) mass is 1870 g/mol. The number of hydrogen-bond acceptors (Lipinski definition) is 11. The Labute approximate surface area is 839 Å². The van der Waals surface area contributed by atoms with E-state index in [9.17, 15) is 4.79 Å². The first-order valence-corrected chi connectivity index (χ1v) is 57.5. The van der Waals surface area contributed by atoms with Crippen LogP contribution in [0.25, 0.3) is 0 Å². The number of para-hydroxylation sites is 1. The number of nitrogens with zero attached hydrogens (tertiary/aromatic N) is 9. The molecule has 5 heterocycles. The number of nitrogens with one attached hydrogen (secondary N) is 2. The lowest BCUT2D eigenvalue weighted by atomic mass is 9.71. The third-order valence-corrected chi connectivity index (χ3v) is 35.7. The van der Waals surface area contributed by atoms with Gasteiger partial charge in [-0.25, -0.2) is 0 Å². The fourth-order valence-electron chi connectivity index (χ4n) is 25.1. The Morgan fingerprint density at radius 3 is 0.822 bits per heavy atom. The Balaban J connectivity index is 0.000000213. The molecule has 7 saturated carbocycles. The molecule has 0 bridgehead atoms. The van der Waals surface area contributed by atoms with Crippen LogP contribution in [0.5, 0.6) is 0 Å². The number of rotatable bonds is 13. The van der Waals surface area contributed by atoms with Crippen LogP contribution in [0.2, 0.25) is 0 Å². The number of piperidine rings is 1. The van der Waals surface area contributed by atoms with Gasteiger partial charge in [0.15, 0.2) is 0 Å². The van der Waals surface area contributed by atoms with Gasteiger partial charge < -0.3 is 35.1 Å². The van der Waals surface area contributed by atoms with Crippen LogP contribution in [0.4, 0.5) is 5.69 Å². The van der Waals surface area contributed by atoms with Crippen molar-refractivity contribution in [3.8, 4) is 0 Å². The lowest BCUT2D eigenvalue weighted by Gasteiger charge is -2.44. The number of aryl methyl sites for hydroxylation is 1. The first-order valence-electron chi connectivity index (χ1n) is 57.5. The van der Waals surface area contributed by atoms with E-state index in [0.29, 0.717) is 37.9 Å². The van der Waals surface area contributed by atoms with Gasteiger partial charge in [-0.3, -0.25) is 24.4 Å². The number of likely N-dealkylation sites (N-methyl/N-ethyl adjacent to an activating group) is 2. The number of anilines is 1. The Hall–Kier alpha value is -3.43. The summed E-state index contributed by atoms with van der Waals surface area (Å²) in [4.78, 5) is 34.6. The first kappa shape index (κ1) is 119. The van der Waals surface area contributed by atoms with Crippen molar-refractivity contribution in [2.45, 2.75) is 455 Å². The number of benzene rings is 3. The molecule has 0 unspecified atom stereocenters. The summed E-state index contributed by atoms with van der Waals surface area (Å²) in [6.45, 7) is 92.3. The number of piperazine rings is 4. The molecular formula is C123H225N11O. The largest absolute Gasteiger partial charge is 0.369 e. The van der Waals surface area contributed by atoms with Gasteiger partial charge in [0.1, 0.15) is 0 Å². The second-order valence-corrected chi connectivity index (χ2v) is 52.6. The molecule has 3 aromatic rings. The van der Waals surface area contributed by atoms with Crippen LogP contribution in [0.3, 0.4) is 0 Å². The van der Waals surface area contributed by atoms with Gasteiger partial charge in [-0.2, -0.15) is 0 Å². The van der Waals surface area contributed by atoms with Gasteiger partial charge in [0.05, 0.1) is 0 Å². The van der Waals surface area contributed by atoms with Crippen molar-refractivity contribution in [3.63, 3.8) is 0 Å². The molecule has 0 radical (unpaired) electrons. The van der Waals surface area contributed by atoms with Gasteiger partial charge in [0, 0.05) is 173 Å². The molecule has 5 saturated heterocycles. The van der Waals surface area contributed by atoms with Crippen molar-refractivity contribution >= 4 is 11.6 Å². The molecule has 12 nitrogen and oxygen atoms in total. The molecule has 5 aliphatic heterocycles. The number of carbonyl (C=O) groups excluding carboxylic acids is 1. The van der Waals surface area contributed by atoms with Crippen LogP contribution in [-0.2, 0) is 17.9 Å². The molecule has 0 atom stereocenters. The van der Waals surface area contributed by atoms with Crippen molar-refractivity contribution < 1.29 is 4.79 Å². The summed E-state index contributed by atoms with van der Waals surface area (Å²) in [5.41, 5.74) is 9.05. The summed E-state index contributed by atoms with van der Waals surface area (Å²) in [6, 6.07) is 36.2. The van der Waals surface area contributed by atoms with Crippen molar-refractivity contribution in [2.24, 2.45) is 85.2 Å². The van der Waals surface area contributed by atoms with E-state index in [4.69, 9.17) is 0 Å². The summed E-state index contributed by atoms with van der Waals surface area (Å²) < 4.78 is 0. The molecule has 15 rings (SSSR count). The highest BCUT2D eigenvalue weighted by molar-refractivity contribution is 5.73. The van der Waals surface area contributed by atoms with Gasteiger partial charge in [-0.1, -0.05) is 272 Å².